The average molecular weight is 287 g/mol. The first kappa shape index (κ1) is 19.8. The van der Waals surface area contributed by atoms with Crippen LogP contribution in [0, 0.1) is 17.8 Å². The quantitative estimate of drug-likeness (QED) is 0.439. The fourth-order valence-corrected chi connectivity index (χ4v) is 3.83. The molecular weight excluding hydrogens is 248 g/mol. The molecule has 8 N–H and O–H groups in total. The van der Waals surface area contributed by atoms with Gasteiger partial charge in [-0.15, -0.1) is 0 Å². The van der Waals surface area contributed by atoms with Crippen molar-refractivity contribution in [2.75, 3.05) is 19.6 Å². The maximum absolute atomic E-state index is 7.01. The molecule has 0 spiro atoms. The van der Waals surface area contributed by atoms with Crippen molar-refractivity contribution in [3.05, 3.63) is 0 Å². The highest BCUT2D eigenvalue weighted by molar-refractivity contribution is 5.00. The predicted molar refractivity (Wildman–Crippen MR) is 89.3 cm³/mol. The summed E-state index contributed by atoms with van der Waals surface area (Å²) in [6.07, 6.45) is 6.30. The first-order chi connectivity index (χ1) is 9.52. The largest absolute Gasteiger partial charge is 0.330 e. The summed E-state index contributed by atoms with van der Waals surface area (Å²) in [6, 6.07) is 0. The van der Waals surface area contributed by atoms with Crippen molar-refractivity contribution in [2.24, 2.45) is 40.7 Å². The molecule has 0 aliphatic carbocycles. The van der Waals surface area contributed by atoms with E-state index in [9.17, 15) is 0 Å². The summed E-state index contributed by atoms with van der Waals surface area (Å²) in [5, 5.41) is 0. The third-order valence-corrected chi connectivity index (χ3v) is 5.12. The van der Waals surface area contributed by atoms with Crippen molar-refractivity contribution in [1.82, 2.24) is 0 Å². The number of rotatable bonds is 12. The smallest absolute Gasteiger partial charge is 0.0238 e. The Bertz CT molecular complexity index is 219. The lowest BCUT2D eigenvalue weighted by molar-refractivity contribution is 0.0826. The summed E-state index contributed by atoms with van der Waals surface area (Å²) < 4.78 is 0. The predicted octanol–water partition coefficient (Wildman–Crippen LogP) is 1.81. The van der Waals surface area contributed by atoms with Crippen LogP contribution >= 0.6 is 0 Å². The average Bonchev–Trinajstić information content (AvgIpc) is 2.46. The zero-order chi connectivity index (χ0) is 15.6. The van der Waals surface area contributed by atoms with Gasteiger partial charge in [-0.05, 0) is 63.1 Å². The van der Waals surface area contributed by atoms with Crippen LogP contribution in [0.25, 0.3) is 0 Å². The summed E-state index contributed by atoms with van der Waals surface area (Å²) in [5.41, 5.74) is 24.2. The van der Waals surface area contributed by atoms with Gasteiger partial charge in [0.05, 0.1) is 0 Å². The van der Waals surface area contributed by atoms with Crippen LogP contribution in [0.3, 0.4) is 0 Å². The highest BCUT2D eigenvalue weighted by Crippen LogP contribution is 2.40. The van der Waals surface area contributed by atoms with Gasteiger partial charge in [0.1, 0.15) is 0 Å². The molecule has 0 saturated heterocycles. The van der Waals surface area contributed by atoms with Gasteiger partial charge in [0.15, 0.2) is 0 Å². The fraction of sp³-hybridized carbons (Fsp3) is 1.00. The first-order valence-electron chi connectivity index (χ1n) is 8.41. The van der Waals surface area contributed by atoms with E-state index in [0.717, 1.165) is 45.1 Å². The maximum Gasteiger partial charge on any atom is 0.0238 e. The Morgan fingerprint density at radius 3 is 1.55 bits per heavy atom. The third-order valence-electron chi connectivity index (χ3n) is 5.12. The molecule has 0 aliphatic rings. The lowest BCUT2D eigenvalue weighted by Crippen LogP contribution is -2.58. The molecule has 0 radical (unpaired) electrons. The van der Waals surface area contributed by atoms with E-state index in [0.29, 0.717) is 30.8 Å². The van der Waals surface area contributed by atoms with Gasteiger partial charge in [-0.3, -0.25) is 0 Å². The van der Waals surface area contributed by atoms with Crippen LogP contribution in [0.5, 0.6) is 0 Å². The molecule has 0 bridgehead atoms. The van der Waals surface area contributed by atoms with Gasteiger partial charge < -0.3 is 22.9 Å². The second-order valence-electron chi connectivity index (χ2n) is 6.20. The van der Waals surface area contributed by atoms with Gasteiger partial charge >= 0.3 is 0 Å². The van der Waals surface area contributed by atoms with Crippen molar-refractivity contribution in [2.45, 2.75) is 64.8 Å². The van der Waals surface area contributed by atoms with Gasteiger partial charge in [0.25, 0.3) is 0 Å². The molecule has 0 aromatic carbocycles. The zero-order valence-electron chi connectivity index (χ0n) is 13.9. The Morgan fingerprint density at radius 2 is 1.25 bits per heavy atom. The summed E-state index contributed by atoms with van der Waals surface area (Å²) in [5.74, 6) is 1.40. The summed E-state index contributed by atoms with van der Waals surface area (Å²) in [6.45, 7) is 8.90. The van der Waals surface area contributed by atoms with E-state index in [-0.39, 0.29) is 5.54 Å². The molecule has 0 aliphatic heterocycles. The normalized spacial score (nSPS) is 19.4. The Hall–Kier alpha value is -0.160. The van der Waals surface area contributed by atoms with Gasteiger partial charge in [0.2, 0.25) is 0 Å². The van der Waals surface area contributed by atoms with E-state index >= 15 is 0 Å². The molecule has 3 unspecified atom stereocenters. The Balaban J connectivity index is 5.25. The molecule has 20 heavy (non-hydrogen) atoms. The molecule has 3 atom stereocenters. The number of nitrogens with two attached hydrogens (primary N) is 4. The minimum absolute atomic E-state index is 0.169. The fourth-order valence-electron chi connectivity index (χ4n) is 3.83. The number of hydrogen-bond donors (Lipinski definition) is 4. The molecule has 0 fully saturated rings. The molecule has 0 heterocycles. The van der Waals surface area contributed by atoms with Crippen LogP contribution in [-0.4, -0.2) is 25.2 Å². The van der Waals surface area contributed by atoms with Crippen molar-refractivity contribution < 1.29 is 0 Å². The van der Waals surface area contributed by atoms with E-state index in [2.05, 4.69) is 20.8 Å². The topological polar surface area (TPSA) is 104 Å². The molecule has 0 saturated carbocycles. The standard InChI is InChI=1S/C16H38N4/c1-4-14(8-11-18)16(20,13(3)7-6-10-17)15(5-2)9-12-19/h13-15H,4-12,17-20H2,1-3H3. The van der Waals surface area contributed by atoms with Gasteiger partial charge in [-0.2, -0.15) is 0 Å². The minimum Gasteiger partial charge on any atom is -0.330 e. The molecule has 0 amide bonds. The van der Waals surface area contributed by atoms with Crippen LogP contribution in [0.15, 0.2) is 0 Å². The number of hydrogen-bond acceptors (Lipinski definition) is 4. The molecule has 0 rings (SSSR count). The van der Waals surface area contributed by atoms with Crippen LogP contribution < -0.4 is 22.9 Å². The van der Waals surface area contributed by atoms with E-state index in [4.69, 9.17) is 22.9 Å². The van der Waals surface area contributed by atoms with Crippen LogP contribution in [0.1, 0.15) is 59.3 Å². The monoisotopic (exact) mass is 286 g/mol. The maximum atomic E-state index is 7.01. The van der Waals surface area contributed by atoms with Crippen molar-refractivity contribution in [3.8, 4) is 0 Å². The summed E-state index contributed by atoms with van der Waals surface area (Å²) >= 11 is 0. The molecule has 122 valence electrons. The SMILES string of the molecule is CCC(CCN)C(N)(C(C)CCCN)C(CC)CCN. The molecule has 0 aromatic heterocycles. The molecule has 0 aromatic rings. The van der Waals surface area contributed by atoms with Crippen molar-refractivity contribution in [3.63, 3.8) is 0 Å². The second-order valence-corrected chi connectivity index (χ2v) is 6.20. The molecule has 4 heteroatoms. The molecule has 4 nitrogen and oxygen atoms in total. The van der Waals surface area contributed by atoms with E-state index in [1.165, 1.54) is 0 Å². The molecular formula is C16H38N4. The zero-order valence-corrected chi connectivity index (χ0v) is 13.9. The Kier molecular flexibility index (Phi) is 10.5. The summed E-state index contributed by atoms with van der Waals surface area (Å²) in [4.78, 5) is 0. The van der Waals surface area contributed by atoms with Gasteiger partial charge in [-0.1, -0.05) is 33.6 Å². The van der Waals surface area contributed by atoms with Gasteiger partial charge in [-0.25, -0.2) is 0 Å². The Labute approximate surface area is 126 Å². The lowest BCUT2D eigenvalue weighted by Gasteiger charge is -2.48. The van der Waals surface area contributed by atoms with E-state index in [1.807, 2.05) is 0 Å². The second kappa shape index (κ2) is 10.6. The highest BCUT2D eigenvalue weighted by atomic mass is 14.8. The van der Waals surface area contributed by atoms with Crippen LogP contribution in [0.2, 0.25) is 0 Å². The lowest BCUT2D eigenvalue weighted by atomic mass is 9.62. The minimum atomic E-state index is -0.169. The van der Waals surface area contributed by atoms with E-state index < -0.39 is 0 Å². The van der Waals surface area contributed by atoms with Crippen LogP contribution in [0.4, 0.5) is 0 Å². The van der Waals surface area contributed by atoms with E-state index in [1.54, 1.807) is 0 Å². The third kappa shape index (κ3) is 4.99. The van der Waals surface area contributed by atoms with Crippen molar-refractivity contribution in [1.29, 1.82) is 0 Å². The van der Waals surface area contributed by atoms with Crippen molar-refractivity contribution >= 4 is 0 Å². The Morgan fingerprint density at radius 1 is 0.800 bits per heavy atom. The summed E-state index contributed by atoms with van der Waals surface area (Å²) in [7, 11) is 0. The van der Waals surface area contributed by atoms with Gasteiger partial charge in [0, 0.05) is 5.54 Å². The highest BCUT2D eigenvalue weighted by Gasteiger charge is 2.43. The first-order valence-corrected chi connectivity index (χ1v) is 8.41. The van der Waals surface area contributed by atoms with Crippen LogP contribution in [-0.2, 0) is 0 Å².